The number of aromatic nitrogens is 2. The fourth-order valence-corrected chi connectivity index (χ4v) is 1.37. The average molecular weight is 184 g/mol. The van der Waals surface area contributed by atoms with E-state index in [0.29, 0.717) is 28.6 Å². The van der Waals surface area contributed by atoms with Gasteiger partial charge in [-0.3, -0.25) is 4.79 Å². The van der Waals surface area contributed by atoms with Crippen molar-refractivity contribution in [2.24, 2.45) is 0 Å². The SMILES string of the molecule is [B]c1ccc2c(=O)[nH]c(CC)nc2c1. The predicted octanol–water partition coefficient (Wildman–Crippen LogP) is 0.279. The van der Waals surface area contributed by atoms with Gasteiger partial charge in [-0.2, -0.15) is 0 Å². The van der Waals surface area contributed by atoms with Crippen LogP contribution in [-0.2, 0) is 6.42 Å². The second-order valence-corrected chi connectivity index (χ2v) is 3.14. The van der Waals surface area contributed by atoms with Gasteiger partial charge in [0, 0.05) is 6.42 Å². The molecule has 1 aromatic heterocycles. The molecule has 0 saturated heterocycles. The molecule has 0 bridgehead atoms. The van der Waals surface area contributed by atoms with Crippen molar-refractivity contribution >= 4 is 24.2 Å². The monoisotopic (exact) mass is 184 g/mol. The summed E-state index contributed by atoms with van der Waals surface area (Å²) in [5, 5.41) is 0.580. The van der Waals surface area contributed by atoms with Crippen LogP contribution in [0, 0.1) is 0 Å². The third kappa shape index (κ3) is 1.43. The van der Waals surface area contributed by atoms with Gasteiger partial charge in [0.25, 0.3) is 5.56 Å². The Morgan fingerprint density at radius 3 is 3.00 bits per heavy atom. The Labute approximate surface area is 82.6 Å². The van der Waals surface area contributed by atoms with Crippen LogP contribution in [0.3, 0.4) is 0 Å². The van der Waals surface area contributed by atoms with Gasteiger partial charge in [0.15, 0.2) is 0 Å². The van der Waals surface area contributed by atoms with Crippen molar-refractivity contribution in [1.29, 1.82) is 0 Å². The molecule has 0 spiro atoms. The quantitative estimate of drug-likeness (QED) is 0.647. The van der Waals surface area contributed by atoms with E-state index >= 15 is 0 Å². The molecule has 1 N–H and O–H groups in total. The van der Waals surface area contributed by atoms with E-state index in [2.05, 4.69) is 9.97 Å². The lowest BCUT2D eigenvalue weighted by Crippen LogP contribution is -2.13. The van der Waals surface area contributed by atoms with Gasteiger partial charge < -0.3 is 4.98 Å². The summed E-state index contributed by atoms with van der Waals surface area (Å²) >= 11 is 0. The first-order chi connectivity index (χ1) is 6.70. The van der Waals surface area contributed by atoms with Crippen molar-refractivity contribution in [2.75, 3.05) is 0 Å². The van der Waals surface area contributed by atoms with E-state index in [0.717, 1.165) is 0 Å². The van der Waals surface area contributed by atoms with Gasteiger partial charge in [0.05, 0.1) is 10.9 Å². The summed E-state index contributed by atoms with van der Waals surface area (Å²) in [6, 6.07) is 5.10. The Morgan fingerprint density at radius 2 is 2.29 bits per heavy atom. The zero-order valence-electron chi connectivity index (χ0n) is 7.87. The van der Waals surface area contributed by atoms with E-state index < -0.39 is 0 Å². The largest absolute Gasteiger partial charge is 0.310 e. The number of aryl methyl sites for hydroxylation is 1. The lowest BCUT2D eigenvalue weighted by Gasteiger charge is -2.00. The van der Waals surface area contributed by atoms with Crippen LogP contribution in [0.25, 0.3) is 10.9 Å². The van der Waals surface area contributed by atoms with Crippen LogP contribution in [0.15, 0.2) is 23.0 Å². The van der Waals surface area contributed by atoms with Gasteiger partial charge in [0.1, 0.15) is 13.7 Å². The van der Waals surface area contributed by atoms with Gasteiger partial charge in [0.2, 0.25) is 0 Å². The Balaban J connectivity index is 2.84. The summed E-state index contributed by atoms with van der Waals surface area (Å²) in [6.07, 6.45) is 0.708. The first kappa shape index (κ1) is 9.00. The maximum absolute atomic E-state index is 11.5. The number of hydrogen-bond acceptors (Lipinski definition) is 2. The van der Waals surface area contributed by atoms with Crippen molar-refractivity contribution < 1.29 is 0 Å². The summed E-state index contributed by atoms with van der Waals surface area (Å²) in [4.78, 5) is 18.5. The van der Waals surface area contributed by atoms with Gasteiger partial charge in [-0.1, -0.05) is 18.5 Å². The van der Waals surface area contributed by atoms with Crippen LogP contribution in [0.1, 0.15) is 12.7 Å². The predicted molar refractivity (Wildman–Crippen MR) is 57.1 cm³/mol. The fraction of sp³-hybridized carbons (Fsp3) is 0.200. The number of nitrogens with zero attached hydrogens (tertiary/aromatic N) is 1. The fourth-order valence-electron chi connectivity index (χ4n) is 1.37. The van der Waals surface area contributed by atoms with E-state index in [1.54, 1.807) is 18.2 Å². The van der Waals surface area contributed by atoms with Crippen molar-refractivity contribution in [2.45, 2.75) is 13.3 Å². The van der Waals surface area contributed by atoms with Crippen LogP contribution in [-0.4, -0.2) is 17.8 Å². The smallest absolute Gasteiger partial charge is 0.258 e. The summed E-state index contributed by atoms with van der Waals surface area (Å²) in [5.74, 6) is 0.688. The normalized spacial score (nSPS) is 10.6. The van der Waals surface area contributed by atoms with Crippen molar-refractivity contribution in [1.82, 2.24) is 9.97 Å². The minimum Gasteiger partial charge on any atom is -0.310 e. The molecular weight excluding hydrogens is 175 g/mol. The highest BCUT2D eigenvalue weighted by molar-refractivity contribution is 6.33. The second kappa shape index (κ2) is 3.29. The Bertz CT molecular complexity index is 533. The number of benzene rings is 1. The molecule has 0 aliphatic heterocycles. The van der Waals surface area contributed by atoms with E-state index in [-0.39, 0.29) is 5.56 Å². The van der Waals surface area contributed by atoms with Gasteiger partial charge >= 0.3 is 0 Å². The molecule has 0 aliphatic carbocycles. The summed E-state index contributed by atoms with van der Waals surface area (Å²) in [7, 11) is 5.61. The third-order valence-electron chi connectivity index (χ3n) is 2.11. The van der Waals surface area contributed by atoms with Crippen molar-refractivity contribution in [3.8, 4) is 0 Å². The van der Waals surface area contributed by atoms with E-state index in [4.69, 9.17) is 7.85 Å². The summed E-state index contributed by atoms with van der Waals surface area (Å²) < 4.78 is 0. The number of fused-ring (bicyclic) bond motifs is 1. The number of nitrogens with one attached hydrogen (secondary N) is 1. The molecule has 2 radical (unpaired) electrons. The summed E-state index contributed by atoms with van der Waals surface area (Å²) in [6.45, 7) is 1.94. The first-order valence-corrected chi connectivity index (χ1v) is 4.49. The molecule has 0 unspecified atom stereocenters. The highest BCUT2D eigenvalue weighted by Gasteiger charge is 2.01. The number of H-pyrrole nitrogens is 1. The molecule has 2 aromatic rings. The van der Waals surface area contributed by atoms with E-state index in [1.807, 2.05) is 6.92 Å². The Hall–Kier alpha value is -1.58. The molecule has 2 rings (SSSR count). The lowest BCUT2D eigenvalue weighted by molar-refractivity contribution is 0.944. The third-order valence-corrected chi connectivity index (χ3v) is 2.11. The molecule has 0 saturated carbocycles. The van der Waals surface area contributed by atoms with Crippen LogP contribution in [0.5, 0.6) is 0 Å². The molecule has 68 valence electrons. The highest BCUT2D eigenvalue weighted by Crippen LogP contribution is 2.03. The van der Waals surface area contributed by atoms with Gasteiger partial charge in [-0.05, 0) is 12.1 Å². The molecule has 0 atom stereocenters. The maximum Gasteiger partial charge on any atom is 0.258 e. The molecule has 0 fully saturated rings. The molecule has 0 amide bonds. The van der Waals surface area contributed by atoms with Crippen LogP contribution >= 0.6 is 0 Å². The molecule has 3 nitrogen and oxygen atoms in total. The molecular formula is C10H9BN2O. The lowest BCUT2D eigenvalue weighted by atomic mass is 9.95. The van der Waals surface area contributed by atoms with E-state index in [9.17, 15) is 4.79 Å². The van der Waals surface area contributed by atoms with E-state index in [1.165, 1.54) is 0 Å². The zero-order chi connectivity index (χ0) is 10.1. The highest BCUT2D eigenvalue weighted by atomic mass is 16.1. The minimum atomic E-state index is -0.105. The minimum absolute atomic E-state index is 0.105. The van der Waals surface area contributed by atoms with Crippen LogP contribution in [0.2, 0.25) is 0 Å². The van der Waals surface area contributed by atoms with Gasteiger partial charge in [-0.25, -0.2) is 4.98 Å². The Morgan fingerprint density at radius 1 is 1.50 bits per heavy atom. The molecule has 0 aliphatic rings. The number of rotatable bonds is 1. The number of aromatic amines is 1. The van der Waals surface area contributed by atoms with Gasteiger partial charge in [-0.15, -0.1) is 0 Å². The Kier molecular flexibility index (Phi) is 2.12. The van der Waals surface area contributed by atoms with Crippen molar-refractivity contribution in [3.63, 3.8) is 0 Å². The summed E-state index contributed by atoms with van der Waals surface area (Å²) in [5.41, 5.74) is 1.18. The van der Waals surface area contributed by atoms with Crippen LogP contribution in [0.4, 0.5) is 0 Å². The van der Waals surface area contributed by atoms with Crippen molar-refractivity contribution in [3.05, 3.63) is 34.4 Å². The molecule has 1 aromatic carbocycles. The standard InChI is InChI=1S/C10H9BN2O/c1-2-9-12-8-5-6(11)3-4-7(8)10(14)13-9/h3-5H,2H2,1H3,(H,12,13,14). The molecule has 14 heavy (non-hydrogen) atoms. The average Bonchev–Trinajstić information content (AvgIpc) is 2.16. The second-order valence-electron chi connectivity index (χ2n) is 3.14. The topological polar surface area (TPSA) is 45.8 Å². The maximum atomic E-state index is 11.5. The first-order valence-electron chi connectivity index (χ1n) is 4.49. The zero-order valence-corrected chi connectivity index (χ0v) is 7.87. The van der Waals surface area contributed by atoms with Crippen LogP contribution < -0.4 is 11.0 Å². The molecule has 4 heteroatoms. The number of hydrogen-bond donors (Lipinski definition) is 1. The molecule has 1 heterocycles.